The molecule has 0 saturated heterocycles. The van der Waals surface area contributed by atoms with Crippen LogP contribution in [-0.4, -0.2) is 31.6 Å². The summed E-state index contributed by atoms with van der Waals surface area (Å²) in [6, 6.07) is 4.84. The summed E-state index contributed by atoms with van der Waals surface area (Å²) in [6.07, 6.45) is 0. The van der Waals surface area contributed by atoms with Gasteiger partial charge in [0.2, 0.25) is 0 Å². The third kappa shape index (κ3) is 4.76. The van der Waals surface area contributed by atoms with E-state index in [1.165, 1.54) is 11.3 Å². The molecule has 1 heterocycles. The molecule has 0 unspecified atom stereocenters. The molecular formula is C14H15Cl2N3O2S. The van der Waals surface area contributed by atoms with Gasteiger partial charge in [-0.2, -0.15) is 0 Å². The molecule has 1 amide bonds. The summed E-state index contributed by atoms with van der Waals surface area (Å²) < 4.78 is 5.36. The van der Waals surface area contributed by atoms with Crippen LogP contribution >= 0.6 is 34.5 Å². The Morgan fingerprint density at radius 1 is 1.41 bits per heavy atom. The molecule has 0 radical (unpaired) electrons. The topological polar surface area (TPSA) is 54.5 Å². The van der Waals surface area contributed by atoms with Crippen LogP contribution in [0.3, 0.4) is 0 Å². The van der Waals surface area contributed by atoms with Crippen molar-refractivity contribution >= 4 is 45.6 Å². The van der Waals surface area contributed by atoms with E-state index in [9.17, 15) is 4.79 Å². The van der Waals surface area contributed by atoms with Crippen LogP contribution in [0.5, 0.6) is 5.75 Å². The average molecular weight is 360 g/mol. The summed E-state index contributed by atoms with van der Waals surface area (Å²) in [5.74, 6) is 0.176. The van der Waals surface area contributed by atoms with E-state index in [0.29, 0.717) is 22.3 Å². The van der Waals surface area contributed by atoms with Crippen LogP contribution < -0.4 is 15.0 Å². The van der Waals surface area contributed by atoms with Gasteiger partial charge in [-0.1, -0.05) is 23.2 Å². The van der Waals surface area contributed by atoms with Gasteiger partial charge in [0.25, 0.3) is 5.91 Å². The van der Waals surface area contributed by atoms with Gasteiger partial charge in [0.1, 0.15) is 5.75 Å². The SMILES string of the molecule is CN(C)c1nc(CNC(=O)COc2ccc(Cl)cc2Cl)cs1. The second kappa shape index (κ2) is 7.67. The monoisotopic (exact) mass is 359 g/mol. The first-order valence-electron chi connectivity index (χ1n) is 6.42. The normalized spacial score (nSPS) is 10.4. The van der Waals surface area contributed by atoms with Crippen molar-refractivity contribution in [1.29, 1.82) is 0 Å². The van der Waals surface area contributed by atoms with Crippen molar-refractivity contribution in [3.05, 3.63) is 39.3 Å². The van der Waals surface area contributed by atoms with Gasteiger partial charge in [0, 0.05) is 24.5 Å². The van der Waals surface area contributed by atoms with E-state index >= 15 is 0 Å². The number of nitrogens with one attached hydrogen (secondary N) is 1. The Hall–Kier alpha value is -1.50. The van der Waals surface area contributed by atoms with Crippen LogP contribution in [0.25, 0.3) is 0 Å². The lowest BCUT2D eigenvalue weighted by Crippen LogP contribution is -2.28. The van der Waals surface area contributed by atoms with Gasteiger partial charge in [0.05, 0.1) is 17.3 Å². The number of halogens is 2. The van der Waals surface area contributed by atoms with Crippen LogP contribution in [0.4, 0.5) is 5.13 Å². The number of hydrogen-bond donors (Lipinski definition) is 1. The molecule has 0 aliphatic carbocycles. The molecule has 8 heteroatoms. The van der Waals surface area contributed by atoms with Crippen molar-refractivity contribution in [3.63, 3.8) is 0 Å². The highest BCUT2D eigenvalue weighted by Gasteiger charge is 2.08. The fourth-order valence-corrected chi connectivity index (χ4v) is 2.78. The Kier molecular flexibility index (Phi) is 5.88. The van der Waals surface area contributed by atoms with E-state index in [1.54, 1.807) is 18.2 Å². The fraction of sp³-hybridized carbons (Fsp3) is 0.286. The quantitative estimate of drug-likeness (QED) is 0.860. The van der Waals surface area contributed by atoms with Gasteiger partial charge in [-0.05, 0) is 18.2 Å². The van der Waals surface area contributed by atoms with Crippen LogP contribution in [0.15, 0.2) is 23.6 Å². The van der Waals surface area contributed by atoms with E-state index in [4.69, 9.17) is 27.9 Å². The molecule has 5 nitrogen and oxygen atoms in total. The summed E-state index contributed by atoms with van der Waals surface area (Å²) in [4.78, 5) is 18.1. The molecule has 0 spiro atoms. The first-order chi connectivity index (χ1) is 10.5. The Bertz CT molecular complexity index is 661. The first-order valence-corrected chi connectivity index (χ1v) is 8.05. The zero-order valence-electron chi connectivity index (χ0n) is 12.1. The molecule has 118 valence electrons. The molecule has 0 fully saturated rings. The summed E-state index contributed by atoms with van der Waals surface area (Å²) in [5, 5.41) is 6.44. The number of thiazole rings is 1. The molecule has 1 aromatic heterocycles. The van der Waals surface area contributed by atoms with Crippen molar-refractivity contribution in [2.45, 2.75) is 6.54 Å². The Morgan fingerprint density at radius 3 is 2.82 bits per heavy atom. The average Bonchev–Trinajstić information content (AvgIpc) is 2.93. The molecular weight excluding hydrogens is 345 g/mol. The maximum absolute atomic E-state index is 11.8. The number of carbonyl (C=O) groups is 1. The van der Waals surface area contributed by atoms with Gasteiger partial charge >= 0.3 is 0 Å². The molecule has 22 heavy (non-hydrogen) atoms. The lowest BCUT2D eigenvalue weighted by Gasteiger charge is -2.08. The van der Waals surface area contributed by atoms with Crippen LogP contribution in [0.1, 0.15) is 5.69 Å². The summed E-state index contributed by atoms with van der Waals surface area (Å²) in [7, 11) is 3.84. The second-order valence-electron chi connectivity index (χ2n) is 4.66. The molecule has 2 rings (SSSR count). The minimum absolute atomic E-state index is 0.119. The zero-order valence-corrected chi connectivity index (χ0v) is 14.4. The largest absolute Gasteiger partial charge is 0.482 e. The third-order valence-corrected chi connectivity index (χ3v) is 4.23. The predicted molar refractivity (Wildman–Crippen MR) is 90.2 cm³/mol. The maximum Gasteiger partial charge on any atom is 0.258 e. The Balaban J connectivity index is 1.80. The fourth-order valence-electron chi connectivity index (χ4n) is 1.56. The zero-order chi connectivity index (χ0) is 16.1. The summed E-state index contributed by atoms with van der Waals surface area (Å²) in [6.45, 7) is 0.243. The molecule has 0 saturated carbocycles. The van der Waals surface area contributed by atoms with E-state index in [1.807, 2.05) is 24.4 Å². The van der Waals surface area contributed by atoms with E-state index in [2.05, 4.69) is 10.3 Å². The van der Waals surface area contributed by atoms with E-state index in [0.717, 1.165) is 10.8 Å². The van der Waals surface area contributed by atoms with Crippen LogP contribution in [-0.2, 0) is 11.3 Å². The third-order valence-electron chi connectivity index (χ3n) is 2.64. The first kappa shape index (κ1) is 16.9. The molecule has 1 aromatic carbocycles. The number of aromatic nitrogens is 1. The van der Waals surface area contributed by atoms with E-state index < -0.39 is 0 Å². The van der Waals surface area contributed by atoms with Gasteiger partial charge in [-0.15, -0.1) is 11.3 Å². The predicted octanol–water partition coefficient (Wildman–Crippen LogP) is 3.21. The smallest absolute Gasteiger partial charge is 0.258 e. The van der Waals surface area contributed by atoms with Crippen LogP contribution in [0, 0.1) is 0 Å². The number of amides is 1. The standard InChI is InChI=1S/C14H15Cl2N3O2S/c1-19(2)14-18-10(8-22-14)6-17-13(20)7-21-12-4-3-9(15)5-11(12)16/h3-5,8H,6-7H2,1-2H3,(H,17,20). The van der Waals surface area contributed by atoms with Crippen molar-refractivity contribution in [2.75, 3.05) is 25.6 Å². The number of hydrogen-bond acceptors (Lipinski definition) is 5. The molecule has 0 aliphatic heterocycles. The minimum Gasteiger partial charge on any atom is -0.482 e. The molecule has 0 bridgehead atoms. The van der Waals surface area contributed by atoms with E-state index in [-0.39, 0.29) is 12.5 Å². The number of anilines is 1. The lowest BCUT2D eigenvalue weighted by atomic mass is 10.3. The summed E-state index contributed by atoms with van der Waals surface area (Å²) >= 11 is 13.3. The van der Waals surface area contributed by atoms with Gasteiger partial charge in [0.15, 0.2) is 11.7 Å². The Morgan fingerprint density at radius 2 is 2.18 bits per heavy atom. The van der Waals surface area contributed by atoms with Crippen LogP contribution in [0.2, 0.25) is 10.0 Å². The molecule has 1 N–H and O–H groups in total. The number of benzene rings is 1. The molecule has 2 aromatic rings. The van der Waals surface area contributed by atoms with Crippen molar-refractivity contribution in [3.8, 4) is 5.75 Å². The number of carbonyl (C=O) groups excluding carboxylic acids is 1. The number of nitrogens with zero attached hydrogens (tertiary/aromatic N) is 2. The lowest BCUT2D eigenvalue weighted by molar-refractivity contribution is -0.123. The molecule has 0 atom stereocenters. The van der Waals surface area contributed by atoms with Gasteiger partial charge in [-0.25, -0.2) is 4.98 Å². The Labute approximate surface area is 142 Å². The summed E-state index contributed by atoms with van der Waals surface area (Å²) in [5.41, 5.74) is 0.812. The van der Waals surface area contributed by atoms with Crippen molar-refractivity contribution < 1.29 is 9.53 Å². The second-order valence-corrected chi connectivity index (χ2v) is 6.34. The highest BCUT2D eigenvalue weighted by atomic mass is 35.5. The maximum atomic E-state index is 11.8. The van der Waals surface area contributed by atoms with Crippen molar-refractivity contribution in [2.24, 2.45) is 0 Å². The number of ether oxygens (including phenoxy) is 1. The highest BCUT2D eigenvalue weighted by molar-refractivity contribution is 7.13. The minimum atomic E-state index is -0.245. The van der Waals surface area contributed by atoms with Gasteiger partial charge in [-0.3, -0.25) is 4.79 Å². The number of rotatable bonds is 6. The van der Waals surface area contributed by atoms with Crippen molar-refractivity contribution in [1.82, 2.24) is 10.3 Å². The highest BCUT2D eigenvalue weighted by Crippen LogP contribution is 2.27. The van der Waals surface area contributed by atoms with Gasteiger partial charge < -0.3 is 15.0 Å². The molecule has 0 aliphatic rings.